The summed E-state index contributed by atoms with van der Waals surface area (Å²) in [7, 11) is 0. The Morgan fingerprint density at radius 2 is 2.23 bits per heavy atom. The molecule has 3 rings (SSSR count). The number of nitrogens with zero attached hydrogens (tertiary/aromatic N) is 6. The van der Waals surface area contributed by atoms with E-state index in [2.05, 4.69) is 45.9 Å². The van der Waals surface area contributed by atoms with Gasteiger partial charge in [-0.05, 0) is 32.2 Å². The van der Waals surface area contributed by atoms with E-state index in [0.29, 0.717) is 11.8 Å². The first-order chi connectivity index (χ1) is 10.6. The van der Waals surface area contributed by atoms with Gasteiger partial charge in [-0.1, -0.05) is 19.0 Å². The van der Waals surface area contributed by atoms with E-state index in [4.69, 9.17) is 4.52 Å². The largest absolute Gasteiger partial charge is 0.338 e. The fourth-order valence-electron chi connectivity index (χ4n) is 3.00. The lowest BCUT2D eigenvalue weighted by Crippen LogP contribution is -2.38. The standard InChI is InChI=1S/C15H24N6O/c1-11(2)14-18-15(22-19-14)12(3)20-6-4-5-13(7-20)8-21-10-16-9-17-21/h9-13H,4-8H2,1-3H3/t12-,13-/m0/s1. The highest BCUT2D eigenvalue weighted by atomic mass is 16.5. The van der Waals surface area contributed by atoms with Crippen molar-refractivity contribution >= 4 is 0 Å². The van der Waals surface area contributed by atoms with Crippen molar-refractivity contribution in [2.45, 2.75) is 52.1 Å². The van der Waals surface area contributed by atoms with Crippen molar-refractivity contribution in [3.05, 3.63) is 24.4 Å². The zero-order valence-corrected chi connectivity index (χ0v) is 13.5. The van der Waals surface area contributed by atoms with Gasteiger partial charge in [0.25, 0.3) is 0 Å². The molecule has 0 aromatic carbocycles. The van der Waals surface area contributed by atoms with Gasteiger partial charge >= 0.3 is 0 Å². The second-order valence-corrected chi connectivity index (χ2v) is 6.44. The maximum absolute atomic E-state index is 5.45. The molecule has 7 heteroatoms. The van der Waals surface area contributed by atoms with Gasteiger partial charge in [-0.3, -0.25) is 9.58 Å². The number of hydrogen-bond donors (Lipinski definition) is 0. The van der Waals surface area contributed by atoms with E-state index in [-0.39, 0.29) is 6.04 Å². The van der Waals surface area contributed by atoms with Crippen LogP contribution in [0.3, 0.4) is 0 Å². The Morgan fingerprint density at radius 1 is 1.36 bits per heavy atom. The monoisotopic (exact) mass is 304 g/mol. The van der Waals surface area contributed by atoms with E-state index in [0.717, 1.165) is 31.3 Å². The molecule has 0 unspecified atom stereocenters. The molecule has 0 amide bonds. The SMILES string of the molecule is CC(C)c1noc([C@H](C)N2CCC[C@H](Cn3cncn3)C2)n1. The molecule has 120 valence electrons. The van der Waals surface area contributed by atoms with Crippen molar-refractivity contribution in [2.24, 2.45) is 5.92 Å². The summed E-state index contributed by atoms with van der Waals surface area (Å²) in [5, 5.41) is 8.28. The molecule has 0 saturated carbocycles. The molecular weight excluding hydrogens is 280 g/mol. The fourth-order valence-corrected chi connectivity index (χ4v) is 3.00. The highest BCUT2D eigenvalue weighted by Crippen LogP contribution is 2.27. The summed E-state index contributed by atoms with van der Waals surface area (Å²) < 4.78 is 7.37. The Morgan fingerprint density at radius 3 is 2.91 bits per heavy atom. The zero-order valence-electron chi connectivity index (χ0n) is 13.5. The summed E-state index contributed by atoms with van der Waals surface area (Å²) in [6.07, 6.45) is 5.80. The van der Waals surface area contributed by atoms with Gasteiger partial charge in [0.2, 0.25) is 5.89 Å². The summed E-state index contributed by atoms with van der Waals surface area (Å²) in [5.74, 6) is 2.40. The minimum atomic E-state index is 0.165. The minimum absolute atomic E-state index is 0.165. The Kier molecular flexibility index (Phi) is 4.52. The van der Waals surface area contributed by atoms with Crippen LogP contribution in [0.5, 0.6) is 0 Å². The number of rotatable bonds is 5. The lowest BCUT2D eigenvalue weighted by molar-refractivity contribution is 0.102. The van der Waals surface area contributed by atoms with Crippen LogP contribution in [0.1, 0.15) is 57.3 Å². The summed E-state index contributed by atoms with van der Waals surface area (Å²) in [4.78, 5) is 11.0. The average Bonchev–Trinajstić information content (AvgIpc) is 3.18. The highest BCUT2D eigenvalue weighted by molar-refractivity contribution is 4.96. The molecular formula is C15H24N6O. The molecule has 2 aromatic heterocycles. The number of likely N-dealkylation sites (tertiary alicyclic amines) is 1. The van der Waals surface area contributed by atoms with Crippen molar-refractivity contribution in [3.63, 3.8) is 0 Å². The Balaban J connectivity index is 1.63. The van der Waals surface area contributed by atoms with E-state index >= 15 is 0 Å². The van der Waals surface area contributed by atoms with Gasteiger partial charge in [-0.2, -0.15) is 10.1 Å². The second-order valence-electron chi connectivity index (χ2n) is 6.44. The molecule has 0 spiro atoms. The molecule has 0 N–H and O–H groups in total. The van der Waals surface area contributed by atoms with Crippen molar-refractivity contribution in [3.8, 4) is 0 Å². The Bertz CT molecular complexity index is 579. The third kappa shape index (κ3) is 3.35. The van der Waals surface area contributed by atoms with Gasteiger partial charge in [0.1, 0.15) is 12.7 Å². The van der Waals surface area contributed by atoms with Crippen LogP contribution < -0.4 is 0 Å². The number of aromatic nitrogens is 5. The maximum Gasteiger partial charge on any atom is 0.243 e. The van der Waals surface area contributed by atoms with Crippen LogP contribution in [0.4, 0.5) is 0 Å². The molecule has 2 aromatic rings. The molecule has 3 heterocycles. The van der Waals surface area contributed by atoms with E-state index in [1.54, 1.807) is 12.7 Å². The van der Waals surface area contributed by atoms with E-state index in [1.807, 2.05) is 4.68 Å². The van der Waals surface area contributed by atoms with Gasteiger partial charge in [-0.25, -0.2) is 4.98 Å². The van der Waals surface area contributed by atoms with Gasteiger partial charge < -0.3 is 4.52 Å². The smallest absolute Gasteiger partial charge is 0.243 e. The normalized spacial score (nSPS) is 21.4. The lowest BCUT2D eigenvalue weighted by Gasteiger charge is -2.35. The van der Waals surface area contributed by atoms with Crippen LogP contribution in [-0.2, 0) is 6.54 Å². The lowest BCUT2D eigenvalue weighted by atomic mass is 9.97. The van der Waals surface area contributed by atoms with Gasteiger partial charge in [0.05, 0.1) is 6.04 Å². The number of piperidine rings is 1. The Labute approximate surface area is 130 Å². The predicted molar refractivity (Wildman–Crippen MR) is 81.1 cm³/mol. The summed E-state index contributed by atoms with van der Waals surface area (Å²) >= 11 is 0. The van der Waals surface area contributed by atoms with Crippen LogP contribution in [-0.4, -0.2) is 42.9 Å². The quantitative estimate of drug-likeness (QED) is 0.843. The highest BCUT2D eigenvalue weighted by Gasteiger charge is 2.28. The first-order valence-corrected chi connectivity index (χ1v) is 8.03. The molecule has 0 radical (unpaired) electrons. The first-order valence-electron chi connectivity index (χ1n) is 8.03. The van der Waals surface area contributed by atoms with Crippen LogP contribution >= 0.6 is 0 Å². The van der Waals surface area contributed by atoms with Crippen LogP contribution in [0.2, 0.25) is 0 Å². The first kappa shape index (κ1) is 15.1. The van der Waals surface area contributed by atoms with Crippen LogP contribution in [0.15, 0.2) is 17.2 Å². The van der Waals surface area contributed by atoms with E-state index in [9.17, 15) is 0 Å². The molecule has 0 bridgehead atoms. The fraction of sp³-hybridized carbons (Fsp3) is 0.733. The minimum Gasteiger partial charge on any atom is -0.338 e. The summed E-state index contributed by atoms with van der Waals surface area (Å²) in [6, 6.07) is 0.165. The van der Waals surface area contributed by atoms with Crippen molar-refractivity contribution in [2.75, 3.05) is 13.1 Å². The van der Waals surface area contributed by atoms with Crippen molar-refractivity contribution in [1.29, 1.82) is 0 Å². The molecule has 1 aliphatic heterocycles. The molecule has 1 saturated heterocycles. The van der Waals surface area contributed by atoms with Gasteiger partial charge in [0.15, 0.2) is 5.82 Å². The van der Waals surface area contributed by atoms with Gasteiger partial charge in [-0.15, -0.1) is 0 Å². The zero-order chi connectivity index (χ0) is 15.5. The van der Waals surface area contributed by atoms with Crippen LogP contribution in [0.25, 0.3) is 0 Å². The van der Waals surface area contributed by atoms with E-state index < -0.39 is 0 Å². The molecule has 2 atom stereocenters. The third-order valence-corrected chi connectivity index (χ3v) is 4.34. The molecule has 22 heavy (non-hydrogen) atoms. The van der Waals surface area contributed by atoms with Gasteiger partial charge in [0, 0.05) is 19.0 Å². The molecule has 0 aliphatic carbocycles. The van der Waals surface area contributed by atoms with Crippen LogP contribution in [0, 0.1) is 5.92 Å². The molecule has 7 nitrogen and oxygen atoms in total. The average molecular weight is 304 g/mol. The summed E-state index contributed by atoms with van der Waals surface area (Å²) in [6.45, 7) is 9.33. The maximum atomic E-state index is 5.45. The number of hydrogen-bond acceptors (Lipinski definition) is 6. The molecule has 1 aliphatic rings. The second kappa shape index (κ2) is 6.56. The van der Waals surface area contributed by atoms with Crippen molar-refractivity contribution in [1.82, 2.24) is 29.8 Å². The topological polar surface area (TPSA) is 72.9 Å². The van der Waals surface area contributed by atoms with Crippen molar-refractivity contribution < 1.29 is 4.52 Å². The predicted octanol–water partition coefficient (Wildman–Crippen LogP) is 2.26. The Hall–Kier alpha value is -1.76. The third-order valence-electron chi connectivity index (χ3n) is 4.34. The summed E-state index contributed by atoms with van der Waals surface area (Å²) in [5.41, 5.74) is 0. The van der Waals surface area contributed by atoms with E-state index in [1.165, 1.54) is 12.8 Å². The molecule has 1 fully saturated rings.